The highest BCUT2D eigenvalue weighted by atomic mass is 79.9. The van der Waals surface area contributed by atoms with Crippen molar-refractivity contribution < 1.29 is 29.3 Å². The molecule has 0 aliphatic heterocycles. The Bertz CT molecular complexity index is 853. The van der Waals surface area contributed by atoms with E-state index in [1.807, 2.05) is 6.07 Å². The predicted octanol–water partition coefficient (Wildman–Crippen LogP) is 4.92. The molecule has 0 saturated heterocycles. The number of carboxylic acids is 1. The third-order valence-electron chi connectivity index (χ3n) is 4.05. The highest BCUT2D eigenvalue weighted by Crippen LogP contribution is 2.32. The van der Waals surface area contributed by atoms with Gasteiger partial charge >= 0.3 is 12.1 Å². The van der Waals surface area contributed by atoms with E-state index in [0.29, 0.717) is 36.3 Å². The lowest BCUT2D eigenvalue weighted by Crippen LogP contribution is -2.18. The summed E-state index contributed by atoms with van der Waals surface area (Å²) in [5.41, 5.74) is 1.27. The van der Waals surface area contributed by atoms with E-state index >= 15 is 0 Å². The highest BCUT2D eigenvalue weighted by molar-refractivity contribution is 9.10. The number of hydrogen-bond acceptors (Lipinski definition) is 5. The summed E-state index contributed by atoms with van der Waals surface area (Å²) in [5.74, 6) is -0.478. The van der Waals surface area contributed by atoms with Crippen molar-refractivity contribution in [1.82, 2.24) is 0 Å². The van der Waals surface area contributed by atoms with Crippen LogP contribution in [0.3, 0.4) is 0 Å². The van der Waals surface area contributed by atoms with Crippen LogP contribution < -0.4 is 10.1 Å². The van der Waals surface area contributed by atoms with E-state index in [1.54, 1.807) is 48.5 Å². The number of aliphatic carboxylic acids is 1. The van der Waals surface area contributed by atoms with Crippen LogP contribution in [-0.4, -0.2) is 35.5 Å². The molecule has 0 spiro atoms. The second-order valence-corrected chi connectivity index (χ2v) is 7.22. The zero-order chi connectivity index (χ0) is 21.8. The number of allylic oxidation sites excluding steroid dienone is 1. The van der Waals surface area contributed by atoms with E-state index in [0.717, 1.165) is 10.5 Å². The Labute approximate surface area is 183 Å². The van der Waals surface area contributed by atoms with Crippen LogP contribution >= 0.6 is 15.9 Å². The van der Waals surface area contributed by atoms with Crippen molar-refractivity contribution in [3.63, 3.8) is 0 Å². The molecule has 0 radical (unpaired) electrons. The molecule has 1 atom stereocenters. The lowest BCUT2D eigenvalue weighted by molar-refractivity contribution is -0.131. The number of aliphatic hydroxyl groups excluding tert-OH is 1. The molecule has 0 aliphatic carbocycles. The molecule has 2 aromatic carbocycles. The largest absolute Gasteiger partial charge is 0.491 e. The van der Waals surface area contributed by atoms with Gasteiger partial charge in [0.25, 0.3) is 0 Å². The Kier molecular flexibility index (Phi) is 9.90. The Morgan fingerprint density at radius 3 is 2.57 bits per heavy atom. The summed E-state index contributed by atoms with van der Waals surface area (Å²) in [6.45, 7) is -0.0138. The number of rotatable bonds is 11. The van der Waals surface area contributed by atoms with Crippen LogP contribution in [0.25, 0.3) is 0 Å². The maximum absolute atomic E-state index is 12.5. The Hall–Kier alpha value is -2.84. The summed E-state index contributed by atoms with van der Waals surface area (Å²) in [5, 5.41) is 20.4. The lowest BCUT2D eigenvalue weighted by Gasteiger charge is -2.21. The molecular weight excluding hydrogens is 454 g/mol. The molecule has 7 nitrogen and oxygen atoms in total. The molecule has 0 unspecified atom stereocenters. The van der Waals surface area contributed by atoms with E-state index < -0.39 is 18.2 Å². The minimum atomic E-state index is -1.00. The minimum Gasteiger partial charge on any atom is -0.491 e. The number of anilines is 1. The van der Waals surface area contributed by atoms with E-state index in [2.05, 4.69) is 21.2 Å². The number of aliphatic hydroxyl groups is 1. The van der Waals surface area contributed by atoms with E-state index in [4.69, 9.17) is 19.7 Å². The fourth-order valence-corrected chi connectivity index (χ4v) is 2.99. The smallest absolute Gasteiger partial charge is 0.412 e. The standard InChI is InChI=1S/C22H24BrNO6/c23-16-10-12-17(13-11-16)24-22(28)30-20(8-2-1-3-9-21(26)27)18-6-4-5-7-19(18)29-15-14-25/h3-7,9-13,20,25H,1-2,8,14-15H2,(H,24,28)(H,26,27)/b9-3+/t20-/m1/s1. The second kappa shape index (κ2) is 12.7. The molecule has 2 rings (SSSR count). The Morgan fingerprint density at radius 2 is 1.87 bits per heavy atom. The van der Waals surface area contributed by atoms with Gasteiger partial charge in [-0.2, -0.15) is 0 Å². The van der Waals surface area contributed by atoms with Gasteiger partial charge in [-0.15, -0.1) is 0 Å². The van der Waals surface area contributed by atoms with Crippen LogP contribution in [-0.2, 0) is 9.53 Å². The molecule has 0 fully saturated rings. The predicted molar refractivity (Wildman–Crippen MR) is 117 cm³/mol. The zero-order valence-electron chi connectivity index (χ0n) is 16.3. The van der Waals surface area contributed by atoms with Crippen LogP contribution in [0.2, 0.25) is 0 Å². The summed E-state index contributed by atoms with van der Waals surface area (Å²) < 4.78 is 12.1. The number of carbonyl (C=O) groups is 2. The average Bonchev–Trinajstić information content (AvgIpc) is 2.73. The molecule has 1 amide bonds. The maximum atomic E-state index is 12.5. The number of halogens is 1. The zero-order valence-corrected chi connectivity index (χ0v) is 17.9. The molecule has 8 heteroatoms. The number of benzene rings is 2. The number of para-hydroxylation sites is 1. The van der Waals surface area contributed by atoms with Crippen molar-refractivity contribution in [3.05, 3.63) is 70.7 Å². The summed E-state index contributed by atoms with van der Waals surface area (Å²) in [7, 11) is 0. The van der Waals surface area contributed by atoms with Gasteiger partial charge in [-0.1, -0.05) is 40.2 Å². The first-order valence-electron chi connectivity index (χ1n) is 9.45. The Morgan fingerprint density at radius 1 is 1.13 bits per heavy atom. The first kappa shape index (κ1) is 23.4. The molecule has 30 heavy (non-hydrogen) atoms. The van der Waals surface area contributed by atoms with Gasteiger partial charge in [0.1, 0.15) is 18.5 Å². The molecule has 2 aromatic rings. The normalized spacial score (nSPS) is 11.8. The molecule has 160 valence electrons. The first-order valence-corrected chi connectivity index (χ1v) is 10.2. The number of hydrogen-bond donors (Lipinski definition) is 3. The third-order valence-corrected chi connectivity index (χ3v) is 4.58. The van der Waals surface area contributed by atoms with Crippen molar-refractivity contribution in [2.24, 2.45) is 0 Å². The van der Waals surface area contributed by atoms with Crippen LogP contribution in [0, 0.1) is 0 Å². The number of amides is 1. The van der Waals surface area contributed by atoms with Gasteiger partial charge in [0.05, 0.1) is 6.61 Å². The molecule has 0 aromatic heterocycles. The second-order valence-electron chi connectivity index (χ2n) is 6.31. The van der Waals surface area contributed by atoms with Gasteiger partial charge in [0.2, 0.25) is 0 Å². The Balaban J connectivity index is 2.11. The summed E-state index contributed by atoms with van der Waals surface area (Å²) in [4.78, 5) is 23.1. The van der Waals surface area contributed by atoms with Crippen molar-refractivity contribution in [2.45, 2.75) is 25.4 Å². The van der Waals surface area contributed by atoms with Gasteiger partial charge < -0.3 is 19.7 Å². The lowest BCUT2D eigenvalue weighted by atomic mass is 10.0. The van der Waals surface area contributed by atoms with Crippen LogP contribution in [0.15, 0.2) is 65.2 Å². The topological polar surface area (TPSA) is 105 Å². The minimum absolute atomic E-state index is 0.121. The monoisotopic (exact) mass is 477 g/mol. The van der Waals surface area contributed by atoms with Crippen molar-refractivity contribution in [3.8, 4) is 5.75 Å². The average molecular weight is 478 g/mol. The van der Waals surface area contributed by atoms with Crippen molar-refractivity contribution in [1.29, 1.82) is 0 Å². The molecule has 0 saturated carbocycles. The fraction of sp³-hybridized carbons (Fsp3) is 0.273. The van der Waals surface area contributed by atoms with Crippen LogP contribution in [0.5, 0.6) is 5.75 Å². The molecule has 0 heterocycles. The molecule has 0 bridgehead atoms. The summed E-state index contributed by atoms with van der Waals surface area (Å²) >= 11 is 3.34. The number of unbranched alkanes of at least 4 members (excludes halogenated alkanes) is 1. The van der Waals surface area contributed by atoms with Crippen LogP contribution in [0.1, 0.15) is 30.9 Å². The third kappa shape index (κ3) is 8.26. The van der Waals surface area contributed by atoms with Crippen molar-refractivity contribution in [2.75, 3.05) is 18.5 Å². The van der Waals surface area contributed by atoms with E-state index in [9.17, 15) is 9.59 Å². The number of nitrogens with one attached hydrogen (secondary N) is 1. The van der Waals surface area contributed by atoms with Gasteiger partial charge in [-0.25, -0.2) is 9.59 Å². The maximum Gasteiger partial charge on any atom is 0.412 e. The van der Waals surface area contributed by atoms with Gasteiger partial charge in [0, 0.05) is 21.8 Å². The van der Waals surface area contributed by atoms with Gasteiger partial charge in [-0.3, -0.25) is 5.32 Å². The number of ether oxygens (including phenoxy) is 2. The first-order chi connectivity index (χ1) is 14.5. The SMILES string of the molecule is O=C(O)/C=C/CCC[C@@H](OC(=O)Nc1ccc(Br)cc1)c1ccccc1OCCO. The summed E-state index contributed by atoms with van der Waals surface area (Å²) in [6, 6.07) is 14.3. The number of carboxylic acid groups (broad SMARTS) is 1. The molecular formula is C22H24BrNO6. The van der Waals surface area contributed by atoms with E-state index in [1.165, 1.54) is 0 Å². The van der Waals surface area contributed by atoms with Gasteiger partial charge in [-0.05, 0) is 49.6 Å². The highest BCUT2D eigenvalue weighted by Gasteiger charge is 2.20. The van der Waals surface area contributed by atoms with E-state index in [-0.39, 0.29) is 13.2 Å². The van der Waals surface area contributed by atoms with Crippen LogP contribution in [0.4, 0.5) is 10.5 Å². The number of carbonyl (C=O) groups excluding carboxylic acids is 1. The van der Waals surface area contributed by atoms with Crippen molar-refractivity contribution >= 4 is 33.7 Å². The summed E-state index contributed by atoms with van der Waals surface area (Å²) in [6.07, 6.45) is 3.05. The molecule has 3 N–H and O–H groups in total. The van der Waals surface area contributed by atoms with Gasteiger partial charge in [0.15, 0.2) is 0 Å². The fourth-order valence-electron chi connectivity index (χ4n) is 2.73. The quantitative estimate of drug-likeness (QED) is 0.313. The molecule has 0 aliphatic rings.